The van der Waals surface area contributed by atoms with E-state index in [9.17, 15) is 4.79 Å². The van der Waals surface area contributed by atoms with Crippen LogP contribution in [0.3, 0.4) is 0 Å². The Hall–Kier alpha value is -1.26. The molecule has 1 fully saturated rings. The summed E-state index contributed by atoms with van der Waals surface area (Å²) < 4.78 is 0. The predicted molar refractivity (Wildman–Crippen MR) is 93.1 cm³/mol. The van der Waals surface area contributed by atoms with E-state index in [1.54, 1.807) is 0 Å². The lowest BCUT2D eigenvalue weighted by Crippen LogP contribution is -2.44. The topological polar surface area (TPSA) is 56.7 Å². The fraction of sp³-hybridized carbons (Fsp3) is 0.882. The maximum atomic E-state index is 12.3. The predicted octanol–water partition coefficient (Wildman–Crippen LogP) is 2.38. The summed E-state index contributed by atoms with van der Waals surface area (Å²) >= 11 is 0. The molecule has 1 saturated heterocycles. The maximum Gasteiger partial charge on any atom is 0.224 e. The van der Waals surface area contributed by atoms with Crippen LogP contribution in [0.5, 0.6) is 0 Å². The van der Waals surface area contributed by atoms with Crippen molar-refractivity contribution in [3.05, 3.63) is 0 Å². The number of guanidine groups is 1. The van der Waals surface area contributed by atoms with E-state index in [-0.39, 0.29) is 5.91 Å². The highest BCUT2D eigenvalue weighted by molar-refractivity contribution is 5.81. The quantitative estimate of drug-likeness (QED) is 0.585. The first-order valence-corrected chi connectivity index (χ1v) is 8.80. The molecule has 1 aliphatic rings. The molecular formula is C17H34N4O. The van der Waals surface area contributed by atoms with Crippen molar-refractivity contribution in [1.82, 2.24) is 15.5 Å². The van der Waals surface area contributed by atoms with Crippen molar-refractivity contribution < 1.29 is 4.79 Å². The number of piperidine rings is 1. The molecule has 0 aromatic carbocycles. The third-order valence-electron chi connectivity index (χ3n) is 4.43. The van der Waals surface area contributed by atoms with Crippen molar-refractivity contribution in [2.75, 3.05) is 19.6 Å². The third kappa shape index (κ3) is 6.24. The third-order valence-corrected chi connectivity index (χ3v) is 4.43. The zero-order valence-corrected chi connectivity index (χ0v) is 15.0. The highest BCUT2D eigenvalue weighted by Gasteiger charge is 2.22. The van der Waals surface area contributed by atoms with Crippen molar-refractivity contribution in [2.24, 2.45) is 10.9 Å². The lowest BCUT2D eigenvalue weighted by atomic mass is 10.0. The lowest BCUT2D eigenvalue weighted by molar-refractivity contribution is -0.134. The minimum Gasteiger partial charge on any atom is -0.357 e. The van der Waals surface area contributed by atoms with Gasteiger partial charge in [0.25, 0.3) is 0 Å². The van der Waals surface area contributed by atoms with E-state index in [0.29, 0.717) is 31.0 Å². The van der Waals surface area contributed by atoms with Crippen molar-refractivity contribution in [3.8, 4) is 0 Å². The summed E-state index contributed by atoms with van der Waals surface area (Å²) in [5, 5.41) is 6.64. The van der Waals surface area contributed by atoms with Crippen LogP contribution in [0.1, 0.15) is 60.3 Å². The molecule has 1 heterocycles. The molecule has 1 amide bonds. The highest BCUT2D eigenvalue weighted by atomic mass is 16.2. The Morgan fingerprint density at radius 2 is 2.05 bits per heavy atom. The second-order valence-electron chi connectivity index (χ2n) is 6.62. The lowest BCUT2D eigenvalue weighted by Gasteiger charge is -2.33. The van der Waals surface area contributed by atoms with Crippen LogP contribution in [0.4, 0.5) is 0 Å². The van der Waals surface area contributed by atoms with E-state index >= 15 is 0 Å². The van der Waals surface area contributed by atoms with Gasteiger partial charge in [0.05, 0.1) is 6.54 Å². The van der Waals surface area contributed by atoms with Gasteiger partial charge in [-0.3, -0.25) is 9.79 Å². The first-order valence-electron chi connectivity index (χ1n) is 8.80. The number of hydrogen-bond donors (Lipinski definition) is 2. The minimum absolute atomic E-state index is 0.240. The summed E-state index contributed by atoms with van der Waals surface area (Å²) in [4.78, 5) is 18.9. The fourth-order valence-electron chi connectivity index (χ4n) is 2.58. The molecule has 0 saturated carbocycles. The Morgan fingerprint density at radius 3 is 2.64 bits per heavy atom. The van der Waals surface area contributed by atoms with Crippen LogP contribution in [0, 0.1) is 5.92 Å². The number of amides is 1. The normalized spacial score (nSPS) is 20.9. The summed E-state index contributed by atoms with van der Waals surface area (Å²) in [5.74, 6) is 1.59. The average Bonchev–Trinajstić information content (AvgIpc) is 2.47. The number of nitrogens with zero attached hydrogens (tertiary/aromatic N) is 2. The summed E-state index contributed by atoms with van der Waals surface area (Å²) in [6.45, 7) is 13.0. The number of hydrogen-bond acceptors (Lipinski definition) is 2. The second-order valence-corrected chi connectivity index (χ2v) is 6.62. The van der Waals surface area contributed by atoms with Gasteiger partial charge >= 0.3 is 0 Å². The number of rotatable bonds is 6. The molecule has 2 atom stereocenters. The SMILES string of the molecule is CCNC(=NCCC(=O)N1CCCCC1C)NC(C)C(C)C. The molecule has 2 N–H and O–H groups in total. The van der Waals surface area contributed by atoms with Gasteiger partial charge in [-0.05, 0) is 46.0 Å². The molecule has 1 aliphatic heterocycles. The van der Waals surface area contributed by atoms with Gasteiger partial charge in [0.2, 0.25) is 5.91 Å². The molecule has 1 rings (SSSR count). The number of carbonyl (C=O) groups is 1. The molecular weight excluding hydrogens is 276 g/mol. The Balaban J connectivity index is 2.46. The standard InChI is InChI=1S/C17H34N4O/c1-6-18-17(20-15(5)13(2)3)19-11-10-16(22)21-12-8-7-9-14(21)4/h13-15H,6-12H2,1-5H3,(H2,18,19,20). The Kier molecular flexibility index (Phi) is 8.28. The fourth-order valence-corrected chi connectivity index (χ4v) is 2.58. The molecule has 0 aliphatic carbocycles. The van der Waals surface area contributed by atoms with Gasteiger partial charge in [0.1, 0.15) is 0 Å². The first kappa shape index (κ1) is 18.8. The van der Waals surface area contributed by atoms with Crippen molar-refractivity contribution in [3.63, 3.8) is 0 Å². The molecule has 128 valence electrons. The van der Waals surface area contributed by atoms with Crippen LogP contribution in [0.15, 0.2) is 4.99 Å². The zero-order chi connectivity index (χ0) is 16.5. The van der Waals surface area contributed by atoms with E-state index in [2.05, 4.69) is 50.2 Å². The maximum absolute atomic E-state index is 12.3. The van der Waals surface area contributed by atoms with Crippen molar-refractivity contribution >= 4 is 11.9 Å². The molecule has 2 unspecified atom stereocenters. The highest BCUT2D eigenvalue weighted by Crippen LogP contribution is 2.17. The van der Waals surface area contributed by atoms with Gasteiger partial charge in [-0.25, -0.2) is 0 Å². The monoisotopic (exact) mass is 310 g/mol. The number of aliphatic imine (C=N–C) groups is 1. The van der Waals surface area contributed by atoms with E-state index in [1.165, 1.54) is 6.42 Å². The van der Waals surface area contributed by atoms with Crippen molar-refractivity contribution in [1.29, 1.82) is 0 Å². The molecule has 0 spiro atoms. The Labute approximate surface area is 135 Å². The molecule has 0 aromatic rings. The van der Waals surface area contributed by atoms with Crippen LogP contribution in [-0.2, 0) is 4.79 Å². The summed E-state index contributed by atoms with van der Waals surface area (Å²) in [6.07, 6.45) is 4.00. The summed E-state index contributed by atoms with van der Waals surface area (Å²) in [6, 6.07) is 0.744. The van der Waals surface area contributed by atoms with Gasteiger partial charge in [0.15, 0.2) is 5.96 Å². The molecule has 0 radical (unpaired) electrons. The average molecular weight is 310 g/mol. The van der Waals surface area contributed by atoms with Crippen LogP contribution in [-0.4, -0.2) is 48.5 Å². The minimum atomic E-state index is 0.240. The van der Waals surface area contributed by atoms with E-state index in [1.807, 2.05) is 4.90 Å². The molecule has 5 heteroatoms. The van der Waals surface area contributed by atoms with Crippen LogP contribution < -0.4 is 10.6 Å². The first-order chi connectivity index (χ1) is 10.5. The van der Waals surface area contributed by atoms with Gasteiger partial charge in [-0.2, -0.15) is 0 Å². The molecule has 0 aromatic heterocycles. The summed E-state index contributed by atoms with van der Waals surface area (Å²) in [5.41, 5.74) is 0. The van der Waals surface area contributed by atoms with E-state index in [4.69, 9.17) is 0 Å². The zero-order valence-electron chi connectivity index (χ0n) is 15.0. The molecule has 22 heavy (non-hydrogen) atoms. The van der Waals surface area contributed by atoms with E-state index < -0.39 is 0 Å². The summed E-state index contributed by atoms with van der Waals surface area (Å²) in [7, 11) is 0. The Morgan fingerprint density at radius 1 is 1.32 bits per heavy atom. The van der Waals surface area contributed by atoms with Gasteiger partial charge in [-0.1, -0.05) is 13.8 Å². The smallest absolute Gasteiger partial charge is 0.224 e. The largest absolute Gasteiger partial charge is 0.357 e. The van der Waals surface area contributed by atoms with Gasteiger partial charge < -0.3 is 15.5 Å². The Bertz CT molecular complexity index is 368. The van der Waals surface area contributed by atoms with Gasteiger partial charge in [-0.15, -0.1) is 0 Å². The molecule has 5 nitrogen and oxygen atoms in total. The van der Waals surface area contributed by atoms with Crippen LogP contribution in [0.2, 0.25) is 0 Å². The second kappa shape index (κ2) is 9.70. The van der Waals surface area contributed by atoms with Gasteiger partial charge in [0, 0.05) is 31.6 Å². The molecule has 0 bridgehead atoms. The number of carbonyl (C=O) groups excluding carboxylic acids is 1. The number of nitrogens with one attached hydrogen (secondary N) is 2. The van der Waals surface area contributed by atoms with Crippen LogP contribution in [0.25, 0.3) is 0 Å². The van der Waals surface area contributed by atoms with Crippen molar-refractivity contribution in [2.45, 2.75) is 72.4 Å². The number of likely N-dealkylation sites (tertiary alicyclic amines) is 1. The van der Waals surface area contributed by atoms with Crippen LogP contribution >= 0.6 is 0 Å². The van der Waals surface area contributed by atoms with E-state index in [0.717, 1.165) is 31.9 Å².